The van der Waals surface area contributed by atoms with E-state index in [9.17, 15) is 0 Å². The molecule has 0 unspecified atom stereocenters. The van der Waals surface area contributed by atoms with Gasteiger partial charge in [0.25, 0.3) is 0 Å². The van der Waals surface area contributed by atoms with Crippen LogP contribution in [0.1, 0.15) is 31.9 Å². The van der Waals surface area contributed by atoms with E-state index in [2.05, 4.69) is 153 Å². The maximum Gasteiger partial charge on any atom is 0.160 e. The minimum atomic E-state index is 0.685. The number of nitrogens with zero attached hydrogens (tertiary/aromatic N) is 2. The van der Waals surface area contributed by atoms with Crippen molar-refractivity contribution in [3.05, 3.63) is 195 Å². The third-order valence-electron chi connectivity index (χ3n) is 8.22. The Morgan fingerprint density at radius 2 is 1.06 bits per heavy atom. The maximum absolute atomic E-state index is 5.09. The minimum absolute atomic E-state index is 0.685. The summed E-state index contributed by atoms with van der Waals surface area (Å²) in [5.74, 6) is 0.685. The topological polar surface area (TPSA) is 25.8 Å². The summed E-state index contributed by atoms with van der Waals surface area (Å²) < 4.78 is 0. The summed E-state index contributed by atoms with van der Waals surface area (Å²) in [5.41, 5.74) is 11.5. The predicted molar refractivity (Wildman–Crippen MR) is 214 cm³/mol. The first-order valence-electron chi connectivity index (χ1n) is 16.5. The Morgan fingerprint density at radius 3 is 1.61 bits per heavy atom. The maximum atomic E-state index is 5.09. The Bertz CT molecular complexity index is 2150. The van der Waals surface area contributed by atoms with Gasteiger partial charge >= 0.3 is 0 Å². The highest BCUT2D eigenvalue weighted by atomic mass is 14.9. The molecule has 0 saturated heterocycles. The summed E-state index contributed by atoms with van der Waals surface area (Å²) in [7, 11) is 0. The molecule has 0 aliphatic rings. The van der Waals surface area contributed by atoms with Crippen LogP contribution >= 0.6 is 0 Å². The van der Waals surface area contributed by atoms with Gasteiger partial charge in [-0.15, -0.1) is 6.58 Å². The number of hydrogen-bond acceptors (Lipinski definition) is 2. The van der Waals surface area contributed by atoms with E-state index in [0.29, 0.717) is 5.82 Å². The summed E-state index contributed by atoms with van der Waals surface area (Å²) in [4.78, 5) is 10.2. The van der Waals surface area contributed by atoms with Gasteiger partial charge in [-0.05, 0) is 71.0 Å². The third kappa shape index (κ3) is 8.06. The smallest absolute Gasteiger partial charge is 0.160 e. The second-order valence-corrected chi connectivity index (χ2v) is 11.4. The summed E-state index contributed by atoms with van der Waals surface area (Å²) in [6, 6.07) is 42.6. The number of aromatic nitrogens is 2. The first-order chi connectivity index (χ1) is 24.0. The van der Waals surface area contributed by atoms with E-state index >= 15 is 0 Å². The number of fused-ring (bicyclic) bond motifs is 1. The number of benzene rings is 5. The van der Waals surface area contributed by atoms with Crippen LogP contribution in [0.2, 0.25) is 0 Å². The van der Waals surface area contributed by atoms with Gasteiger partial charge in [-0.25, -0.2) is 9.97 Å². The SMILES string of the molecule is C=C/C(=C\C)c1ccc(-c2cc(-c3ccc(/C(C=C)=C/C=C\C)cc3)nc(-c3ccc(-c4cccc5ccccc45)cc3)n2)cc1.C=CC. The third-order valence-corrected chi connectivity index (χ3v) is 8.22. The zero-order valence-electron chi connectivity index (χ0n) is 28.6. The van der Waals surface area contributed by atoms with E-state index in [1.807, 2.05) is 45.1 Å². The molecule has 49 heavy (non-hydrogen) atoms. The Hall–Kier alpha value is -6.12. The van der Waals surface area contributed by atoms with E-state index < -0.39 is 0 Å². The van der Waals surface area contributed by atoms with Gasteiger partial charge in [0.2, 0.25) is 0 Å². The molecule has 6 aromatic rings. The number of allylic oxidation sites excluding steroid dienone is 9. The molecule has 1 heterocycles. The first-order valence-corrected chi connectivity index (χ1v) is 16.5. The van der Waals surface area contributed by atoms with Crippen LogP contribution in [-0.4, -0.2) is 9.97 Å². The van der Waals surface area contributed by atoms with Crippen molar-refractivity contribution >= 4 is 21.9 Å². The average Bonchev–Trinajstić information content (AvgIpc) is 3.16. The lowest BCUT2D eigenvalue weighted by Gasteiger charge is -2.12. The molecule has 0 aliphatic heterocycles. The van der Waals surface area contributed by atoms with Gasteiger partial charge in [0.05, 0.1) is 11.4 Å². The second kappa shape index (κ2) is 16.6. The van der Waals surface area contributed by atoms with Crippen LogP contribution in [0.25, 0.3) is 66.9 Å². The lowest BCUT2D eigenvalue weighted by atomic mass is 9.97. The molecule has 240 valence electrons. The lowest BCUT2D eigenvalue weighted by Crippen LogP contribution is -1.96. The summed E-state index contributed by atoms with van der Waals surface area (Å²) in [5, 5.41) is 2.47. The van der Waals surface area contributed by atoms with Crippen LogP contribution in [0.5, 0.6) is 0 Å². The van der Waals surface area contributed by atoms with Crippen molar-refractivity contribution in [2.24, 2.45) is 0 Å². The van der Waals surface area contributed by atoms with Gasteiger partial charge in [-0.2, -0.15) is 0 Å². The van der Waals surface area contributed by atoms with Gasteiger partial charge in [0, 0.05) is 16.7 Å². The first kappa shape index (κ1) is 34.2. The van der Waals surface area contributed by atoms with Crippen LogP contribution < -0.4 is 0 Å². The van der Waals surface area contributed by atoms with Crippen molar-refractivity contribution in [1.29, 1.82) is 0 Å². The molecule has 2 nitrogen and oxygen atoms in total. The Morgan fingerprint density at radius 1 is 0.551 bits per heavy atom. The van der Waals surface area contributed by atoms with Crippen molar-refractivity contribution < 1.29 is 0 Å². The lowest BCUT2D eigenvalue weighted by molar-refractivity contribution is 1.18. The Labute approximate surface area is 291 Å². The summed E-state index contributed by atoms with van der Waals surface area (Å²) >= 11 is 0. The molecule has 0 atom stereocenters. The normalized spacial score (nSPS) is 11.6. The Balaban J connectivity index is 0.00000151. The van der Waals surface area contributed by atoms with E-state index in [1.165, 1.54) is 16.3 Å². The fourth-order valence-corrected chi connectivity index (χ4v) is 5.70. The fourth-order valence-electron chi connectivity index (χ4n) is 5.70. The molecule has 0 aliphatic carbocycles. The van der Waals surface area contributed by atoms with Crippen molar-refractivity contribution in [3.8, 4) is 45.0 Å². The molecule has 0 amide bonds. The molecule has 0 spiro atoms. The van der Waals surface area contributed by atoms with Crippen molar-refractivity contribution in [1.82, 2.24) is 9.97 Å². The highest BCUT2D eigenvalue weighted by Gasteiger charge is 2.12. The molecule has 6 rings (SSSR count). The molecule has 0 N–H and O–H groups in total. The van der Waals surface area contributed by atoms with Gasteiger partial charge in [0.1, 0.15) is 0 Å². The number of rotatable bonds is 9. The van der Waals surface area contributed by atoms with Gasteiger partial charge in [0.15, 0.2) is 5.82 Å². The van der Waals surface area contributed by atoms with Crippen LogP contribution in [0.3, 0.4) is 0 Å². The molecule has 0 saturated carbocycles. The average molecular weight is 635 g/mol. The molecule has 0 fully saturated rings. The molecular weight excluding hydrogens is 593 g/mol. The quantitative estimate of drug-likeness (QED) is 0.117. The second-order valence-electron chi connectivity index (χ2n) is 11.4. The molecule has 0 bridgehead atoms. The van der Waals surface area contributed by atoms with Crippen molar-refractivity contribution in [2.45, 2.75) is 20.8 Å². The Kier molecular flexibility index (Phi) is 11.6. The van der Waals surface area contributed by atoms with E-state index in [4.69, 9.17) is 9.97 Å². The monoisotopic (exact) mass is 634 g/mol. The molecule has 1 aromatic heterocycles. The van der Waals surface area contributed by atoms with Gasteiger partial charge < -0.3 is 0 Å². The fraction of sp³-hybridized carbons (Fsp3) is 0.0638. The van der Waals surface area contributed by atoms with Crippen LogP contribution in [0, 0.1) is 0 Å². The molecular formula is C47H42N2. The summed E-state index contributed by atoms with van der Waals surface area (Å²) in [6.45, 7) is 17.2. The highest BCUT2D eigenvalue weighted by molar-refractivity contribution is 5.96. The van der Waals surface area contributed by atoms with E-state index in [0.717, 1.165) is 55.9 Å². The zero-order valence-corrected chi connectivity index (χ0v) is 28.6. The predicted octanol–water partition coefficient (Wildman–Crippen LogP) is 13.2. The van der Waals surface area contributed by atoms with Crippen LogP contribution in [0.4, 0.5) is 0 Å². The van der Waals surface area contributed by atoms with Gasteiger partial charge in [-0.1, -0.05) is 171 Å². The molecule has 2 heteroatoms. The van der Waals surface area contributed by atoms with E-state index in [-0.39, 0.29) is 0 Å². The van der Waals surface area contributed by atoms with E-state index in [1.54, 1.807) is 6.08 Å². The van der Waals surface area contributed by atoms with Crippen LogP contribution in [-0.2, 0) is 0 Å². The number of hydrogen-bond donors (Lipinski definition) is 0. The highest BCUT2D eigenvalue weighted by Crippen LogP contribution is 2.32. The van der Waals surface area contributed by atoms with Crippen molar-refractivity contribution in [2.75, 3.05) is 0 Å². The van der Waals surface area contributed by atoms with Crippen molar-refractivity contribution in [3.63, 3.8) is 0 Å². The van der Waals surface area contributed by atoms with Crippen LogP contribution in [0.15, 0.2) is 184 Å². The standard InChI is InChI=1S/C44H36N2.C3H6/c1-5-9-13-32(8-4)34-20-26-38(27-21-34)43-30-42(37-24-18-33(19-25-37)31(6-2)7-3)45-44(46-43)39-28-22-36(23-29-39)41-17-12-15-35-14-10-11-16-40(35)41;1-3-2/h5-30H,2,4H2,1,3H3;3H,1H2,2H3/b9-5-,31-7+,32-13+;. The minimum Gasteiger partial charge on any atom is -0.228 e. The largest absolute Gasteiger partial charge is 0.228 e. The molecule has 0 radical (unpaired) electrons. The summed E-state index contributed by atoms with van der Waals surface area (Å²) in [6.07, 6.45) is 13.7. The molecule has 5 aromatic carbocycles. The van der Waals surface area contributed by atoms with Gasteiger partial charge in [-0.3, -0.25) is 0 Å². The zero-order chi connectivity index (χ0) is 34.6.